The fourth-order valence-electron chi connectivity index (χ4n) is 2.20. The first-order valence-electron chi connectivity index (χ1n) is 6.98. The normalized spacial score (nSPS) is 10.2. The van der Waals surface area contributed by atoms with E-state index < -0.39 is 0 Å². The van der Waals surface area contributed by atoms with Gasteiger partial charge in [-0.05, 0) is 35.4 Å². The summed E-state index contributed by atoms with van der Waals surface area (Å²) in [5.74, 6) is 2.26. The third kappa shape index (κ3) is 4.60. The average Bonchev–Trinajstić information content (AvgIpc) is 2.58. The van der Waals surface area contributed by atoms with Crippen molar-refractivity contribution in [3.63, 3.8) is 0 Å². The predicted molar refractivity (Wildman–Crippen MR) is 95.4 cm³/mol. The van der Waals surface area contributed by atoms with E-state index in [0.29, 0.717) is 23.0 Å². The van der Waals surface area contributed by atoms with Gasteiger partial charge >= 0.3 is 0 Å². The quantitative estimate of drug-likeness (QED) is 0.647. The van der Waals surface area contributed by atoms with Gasteiger partial charge in [0.15, 0.2) is 23.0 Å². The summed E-state index contributed by atoms with van der Waals surface area (Å²) in [6, 6.07) is 8.90. The van der Waals surface area contributed by atoms with Crippen LogP contribution < -0.4 is 18.9 Å². The third-order valence-electron chi connectivity index (χ3n) is 3.36. The molecule has 0 amide bonds. The molecular weight excluding hydrogens is 319 g/mol. The molecule has 0 saturated heterocycles. The summed E-state index contributed by atoms with van der Waals surface area (Å²) in [4.78, 5) is 0. The molecule has 0 unspecified atom stereocenters. The first kappa shape index (κ1) is 20.2. The van der Waals surface area contributed by atoms with Gasteiger partial charge in [-0.25, -0.2) is 0 Å². The molecule has 0 aromatic heterocycles. The van der Waals surface area contributed by atoms with E-state index in [1.54, 1.807) is 33.5 Å². The second-order valence-electron chi connectivity index (χ2n) is 4.72. The molecule has 0 saturated carbocycles. The van der Waals surface area contributed by atoms with Gasteiger partial charge in [-0.15, -0.1) is 0 Å². The number of hydrogen-bond acceptors (Lipinski definition) is 5. The molecule has 2 rings (SSSR count). The van der Waals surface area contributed by atoms with Crippen LogP contribution in [-0.2, 0) is 0 Å². The number of rotatable bonds is 6. The molecule has 0 atom stereocenters. The van der Waals surface area contributed by atoms with E-state index >= 15 is 0 Å². The van der Waals surface area contributed by atoms with Crippen molar-refractivity contribution in [3.8, 4) is 28.7 Å². The van der Waals surface area contributed by atoms with Crippen LogP contribution >= 0.6 is 0 Å². The first-order valence-corrected chi connectivity index (χ1v) is 6.98. The van der Waals surface area contributed by atoms with E-state index in [9.17, 15) is 5.11 Å². The van der Waals surface area contributed by atoms with Crippen molar-refractivity contribution >= 4 is 41.7 Å². The van der Waals surface area contributed by atoms with Crippen molar-refractivity contribution in [2.45, 2.75) is 0 Å². The van der Waals surface area contributed by atoms with Crippen LogP contribution in [0.5, 0.6) is 28.7 Å². The summed E-state index contributed by atoms with van der Waals surface area (Å²) in [6.07, 6.45) is 3.77. The van der Waals surface area contributed by atoms with Crippen LogP contribution in [0.25, 0.3) is 12.2 Å². The van der Waals surface area contributed by atoms with Crippen LogP contribution in [0.4, 0.5) is 0 Å². The number of methoxy groups -OCH3 is 4. The van der Waals surface area contributed by atoms with E-state index in [1.165, 1.54) is 7.11 Å². The Kier molecular flexibility index (Phi) is 7.98. The zero-order valence-corrected chi connectivity index (χ0v) is 16.6. The molecule has 2 aromatic carbocycles. The van der Waals surface area contributed by atoms with Gasteiger partial charge in [0.1, 0.15) is 0 Å². The van der Waals surface area contributed by atoms with Gasteiger partial charge < -0.3 is 24.1 Å². The Labute approximate surface area is 164 Å². The zero-order valence-electron chi connectivity index (χ0n) is 14.6. The van der Waals surface area contributed by atoms with Crippen molar-refractivity contribution in [1.82, 2.24) is 0 Å². The summed E-state index contributed by atoms with van der Waals surface area (Å²) < 4.78 is 21.0. The molecule has 6 heteroatoms. The Morgan fingerprint density at radius 2 is 1.25 bits per heavy atom. The first-order chi connectivity index (χ1) is 11.1. The molecule has 2 aromatic rings. The van der Waals surface area contributed by atoms with Gasteiger partial charge in [0.2, 0.25) is 5.75 Å². The summed E-state index contributed by atoms with van der Waals surface area (Å²) in [5, 5.41) is 9.81. The van der Waals surface area contributed by atoms with Crippen LogP contribution in [0.15, 0.2) is 30.3 Å². The van der Waals surface area contributed by atoms with E-state index in [0.717, 1.165) is 11.1 Å². The van der Waals surface area contributed by atoms with Crippen molar-refractivity contribution in [2.24, 2.45) is 0 Å². The smallest absolute Gasteiger partial charge is 0.203 e. The molecule has 1 N–H and O–H groups in total. The molecular formula is C18H20NaO5. The van der Waals surface area contributed by atoms with Gasteiger partial charge in [-0.1, -0.05) is 18.2 Å². The molecule has 123 valence electrons. The second kappa shape index (κ2) is 9.47. The molecule has 0 aliphatic carbocycles. The standard InChI is InChI=1S/C18H20O5.Na/c1-20-15-8-7-12(9-14(15)19)5-6-13-10-16(21-2)18(23-4)17(11-13)22-3;/h5-11,19H,1-4H3;/b6-5-;. The van der Waals surface area contributed by atoms with E-state index in [4.69, 9.17) is 18.9 Å². The van der Waals surface area contributed by atoms with Crippen molar-refractivity contribution < 1.29 is 24.1 Å². The topological polar surface area (TPSA) is 57.2 Å². The molecule has 0 aliphatic rings. The molecule has 0 aliphatic heterocycles. The largest absolute Gasteiger partial charge is 0.504 e. The molecule has 5 nitrogen and oxygen atoms in total. The summed E-state index contributed by atoms with van der Waals surface area (Å²) in [5.41, 5.74) is 1.73. The number of phenols is 1. The van der Waals surface area contributed by atoms with Crippen LogP contribution in [0.1, 0.15) is 11.1 Å². The molecule has 0 heterocycles. The maximum Gasteiger partial charge on any atom is 0.203 e. The number of hydrogen-bond donors (Lipinski definition) is 1. The molecule has 1 radical (unpaired) electrons. The van der Waals surface area contributed by atoms with E-state index in [-0.39, 0.29) is 35.3 Å². The van der Waals surface area contributed by atoms with Crippen molar-refractivity contribution in [1.29, 1.82) is 0 Å². The van der Waals surface area contributed by atoms with Gasteiger partial charge in [-0.3, -0.25) is 0 Å². The second-order valence-corrected chi connectivity index (χ2v) is 4.72. The Morgan fingerprint density at radius 3 is 1.71 bits per heavy atom. The Morgan fingerprint density at radius 1 is 0.708 bits per heavy atom. The minimum Gasteiger partial charge on any atom is -0.504 e. The minimum absolute atomic E-state index is 0. The Bertz CT molecular complexity index is 688. The number of ether oxygens (including phenoxy) is 4. The maximum absolute atomic E-state index is 9.81. The summed E-state index contributed by atoms with van der Waals surface area (Å²) in [7, 11) is 6.23. The zero-order chi connectivity index (χ0) is 16.8. The number of benzene rings is 2. The Hall–Kier alpha value is -1.82. The Balaban J connectivity index is 0.00000288. The van der Waals surface area contributed by atoms with Gasteiger partial charge in [0.25, 0.3) is 0 Å². The molecule has 24 heavy (non-hydrogen) atoms. The SMILES string of the molecule is COc1ccc(/C=C\c2cc(OC)c(OC)c(OC)c2)cc1O.[Na]. The minimum atomic E-state index is 0. The van der Waals surface area contributed by atoms with E-state index in [2.05, 4.69) is 0 Å². The molecule has 0 fully saturated rings. The average molecular weight is 339 g/mol. The van der Waals surface area contributed by atoms with Gasteiger partial charge in [0, 0.05) is 29.6 Å². The summed E-state index contributed by atoms with van der Waals surface area (Å²) in [6.45, 7) is 0. The third-order valence-corrected chi connectivity index (χ3v) is 3.36. The van der Waals surface area contributed by atoms with Crippen molar-refractivity contribution in [2.75, 3.05) is 28.4 Å². The molecule has 0 spiro atoms. The number of phenolic OH excluding ortho intramolecular Hbond substituents is 1. The van der Waals surface area contributed by atoms with Crippen LogP contribution in [0.3, 0.4) is 0 Å². The van der Waals surface area contributed by atoms with Gasteiger partial charge in [0.05, 0.1) is 28.4 Å². The predicted octanol–water partition coefficient (Wildman–Crippen LogP) is 3.22. The van der Waals surface area contributed by atoms with Crippen LogP contribution in [0.2, 0.25) is 0 Å². The van der Waals surface area contributed by atoms with E-state index in [1.807, 2.05) is 30.4 Å². The molecule has 0 bridgehead atoms. The maximum atomic E-state index is 9.81. The van der Waals surface area contributed by atoms with Crippen LogP contribution in [-0.4, -0.2) is 63.1 Å². The number of aromatic hydroxyl groups is 1. The van der Waals surface area contributed by atoms with Crippen LogP contribution in [0, 0.1) is 0 Å². The van der Waals surface area contributed by atoms with Gasteiger partial charge in [-0.2, -0.15) is 0 Å². The fraction of sp³-hybridized carbons (Fsp3) is 0.222. The van der Waals surface area contributed by atoms with Crippen molar-refractivity contribution in [3.05, 3.63) is 41.5 Å². The summed E-state index contributed by atoms with van der Waals surface area (Å²) >= 11 is 0. The fourth-order valence-corrected chi connectivity index (χ4v) is 2.20. The monoisotopic (exact) mass is 339 g/mol.